The number of benzene rings is 1. The van der Waals surface area contributed by atoms with Gasteiger partial charge in [-0.15, -0.1) is 11.3 Å². The predicted octanol–water partition coefficient (Wildman–Crippen LogP) is 5.77. The van der Waals surface area contributed by atoms with E-state index in [2.05, 4.69) is 74.8 Å². The number of thiophene rings is 1. The monoisotopic (exact) mass is 411 g/mol. The van der Waals surface area contributed by atoms with Gasteiger partial charge in [0.1, 0.15) is 12.4 Å². The van der Waals surface area contributed by atoms with Gasteiger partial charge in [0.15, 0.2) is 0 Å². The normalized spacial score (nSPS) is 11.6. The molecule has 0 atom stereocenters. The molecule has 0 saturated heterocycles. The molecule has 1 heterocycles. The Labute approximate surface area is 180 Å². The molecule has 0 spiro atoms. The lowest BCUT2D eigenvalue weighted by Gasteiger charge is -2.19. The average Bonchev–Trinajstić information content (AvgIpc) is 3.19. The maximum Gasteiger partial charge on any atom is 0.130 e. The molecule has 0 N–H and O–H groups in total. The number of rotatable bonds is 11. The molecule has 4 heteroatoms. The molecule has 2 aromatic rings. The topological polar surface area (TPSA) is 21.7 Å². The van der Waals surface area contributed by atoms with E-state index in [1.807, 2.05) is 22.9 Å². The summed E-state index contributed by atoms with van der Waals surface area (Å²) in [7, 11) is 0. The van der Waals surface area contributed by atoms with Crippen molar-refractivity contribution in [2.75, 3.05) is 26.3 Å². The van der Waals surface area contributed by atoms with E-state index in [1.165, 1.54) is 11.1 Å². The van der Waals surface area contributed by atoms with Crippen molar-refractivity contribution in [3.05, 3.63) is 64.4 Å². The molecular weight excluding hydrogens is 378 g/mol. The van der Waals surface area contributed by atoms with Gasteiger partial charge >= 0.3 is 0 Å². The van der Waals surface area contributed by atoms with Crippen molar-refractivity contribution in [1.29, 1.82) is 0 Å². The predicted molar refractivity (Wildman–Crippen MR) is 123 cm³/mol. The second kappa shape index (κ2) is 12.5. The SMILES string of the molecule is CCN(CC=CC#CC(C)(C)C)Cc1cccc(COCCOc2ccsc2)c1. The summed E-state index contributed by atoms with van der Waals surface area (Å²) in [5, 5.41) is 4.01. The fourth-order valence-electron chi connectivity index (χ4n) is 2.64. The van der Waals surface area contributed by atoms with Crippen LogP contribution in [0.4, 0.5) is 0 Å². The Bertz CT molecular complexity index is 794. The molecule has 0 saturated carbocycles. The summed E-state index contributed by atoms with van der Waals surface area (Å²) in [6.07, 6.45) is 4.11. The van der Waals surface area contributed by atoms with Gasteiger partial charge < -0.3 is 9.47 Å². The van der Waals surface area contributed by atoms with Crippen molar-refractivity contribution in [2.24, 2.45) is 5.41 Å². The van der Waals surface area contributed by atoms with Crippen LogP contribution in [0.3, 0.4) is 0 Å². The first kappa shape index (κ1) is 23.2. The largest absolute Gasteiger partial charge is 0.490 e. The molecule has 3 nitrogen and oxygen atoms in total. The Morgan fingerprint density at radius 3 is 2.69 bits per heavy atom. The van der Waals surface area contributed by atoms with E-state index in [9.17, 15) is 0 Å². The van der Waals surface area contributed by atoms with E-state index in [-0.39, 0.29) is 5.41 Å². The molecule has 0 radical (unpaired) electrons. The minimum Gasteiger partial charge on any atom is -0.490 e. The highest BCUT2D eigenvalue weighted by molar-refractivity contribution is 7.08. The summed E-state index contributed by atoms with van der Waals surface area (Å²) < 4.78 is 11.4. The highest BCUT2D eigenvalue weighted by Gasteiger charge is 2.04. The van der Waals surface area contributed by atoms with Crippen LogP contribution in [0.2, 0.25) is 0 Å². The number of nitrogens with zero attached hydrogens (tertiary/aromatic N) is 1. The zero-order valence-electron chi connectivity index (χ0n) is 18.1. The molecule has 1 aromatic heterocycles. The van der Waals surface area contributed by atoms with Crippen LogP contribution in [0.5, 0.6) is 5.75 Å². The molecular formula is C25H33NO2S. The number of likely N-dealkylation sites (N-methyl/N-ethyl adjacent to an activating group) is 1. The van der Waals surface area contributed by atoms with Crippen molar-refractivity contribution in [3.8, 4) is 17.6 Å². The van der Waals surface area contributed by atoms with E-state index in [0.717, 1.165) is 25.4 Å². The van der Waals surface area contributed by atoms with E-state index < -0.39 is 0 Å². The number of allylic oxidation sites excluding steroid dienone is 1. The van der Waals surface area contributed by atoms with Gasteiger partial charge in [0.2, 0.25) is 0 Å². The lowest BCUT2D eigenvalue weighted by atomic mass is 9.98. The second-order valence-electron chi connectivity index (χ2n) is 7.93. The molecule has 0 fully saturated rings. The molecule has 0 amide bonds. The number of ether oxygens (including phenoxy) is 2. The van der Waals surface area contributed by atoms with E-state index in [0.29, 0.717) is 19.8 Å². The second-order valence-corrected chi connectivity index (χ2v) is 8.71. The van der Waals surface area contributed by atoms with E-state index in [1.54, 1.807) is 11.3 Å². The van der Waals surface area contributed by atoms with Gasteiger partial charge in [-0.05, 0) is 56.0 Å². The van der Waals surface area contributed by atoms with Crippen molar-refractivity contribution >= 4 is 11.3 Å². The van der Waals surface area contributed by atoms with Crippen LogP contribution in [0.15, 0.2) is 53.2 Å². The fraction of sp³-hybridized carbons (Fsp3) is 0.440. The minimum atomic E-state index is 0.0489. The molecule has 2 rings (SSSR count). The molecule has 0 aliphatic carbocycles. The van der Waals surface area contributed by atoms with Crippen molar-refractivity contribution < 1.29 is 9.47 Å². The van der Waals surface area contributed by atoms with Crippen molar-refractivity contribution in [2.45, 2.75) is 40.8 Å². The quantitative estimate of drug-likeness (QED) is 0.346. The van der Waals surface area contributed by atoms with E-state index in [4.69, 9.17) is 9.47 Å². The first-order chi connectivity index (χ1) is 14.0. The summed E-state index contributed by atoms with van der Waals surface area (Å²) >= 11 is 1.64. The van der Waals surface area contributed by atoms with Crippen LogP contribution in [0.25, 0.3) is 0 Å². The van der Waals surface area contributed by atoms with Gasteiger partial charge in [0.05, 0.1) is 13.2 Å². The Morgan fingerprint density at radius 1 is 1.14 bits per heavy atom. The third kappa shape index (κ3) is 10.3. The molecule has 156 valence electrons. The maximum absolute atomic E-state index is 5.76. The van der Waals surface area contributed by atoms with Gasteiger partial charge in [-0.3, -0.25) is 4.90 Å². The smallest absolute Gasteiger partial charge is 0.130 e. The summed E-state index contributed by atoms with van der Waals surface area (Å²) in [4.78, 5) is 2.39. The van der Waals surface area contributed by atoms with Gasteiger partial charge in [0.25, 0.3) is 0 Å². The zero-order valence-corrected chi connectivity index (χ0v) is 18.9. The third-order valence-electron chi connectivity index (χ3n) is 4.12. The maximum atomic E-state index is 5.76. The van der Waals surface area contributed by atoms with Crippen LogP contribution < -0.4 is 4.74 Å². The van der Waals surface area contributed by atoms with Crippen molar-refractivity contribution in [3.63, 3.8) is 0 Å². The summed E-state index contributed by atoms with van der Waals surface area (Å²) in [6, 6.07) is 10.6. The molecule has 1 aromatic carbocycles. The molecule has 0 aliphatic heterocycles. The Hall–Kier alpha value is -2.06. The van der Waals surface area contributed by atoms with Crippen molar-refractivity contribution in [1.82, 2.24) is 4.90 Å². The highest BCUT2D eigenvalue weighted by atomic mass is 32.1. The zero-order chi connectivity index (χ0) is 21.0. The van der Waals surface area contributed by atoms with Gasteiger partial charge in [-0.1, -0.05) is 49.1 Å². The summed E-state index contributed by atoms with van der Waals surface area (Å²) in [6.45, 7) is 13.1. The first-order valence-electron chi connectivity index (χ1n) is 10.2. The van der Waals surface area contributed by atoms with Crippen LogP contribution in [-0.4, -0.2) is 31.2 Å². The van der Waals surface area contributed by atoms with E-state index >= 15 is 0 Å². The third-order valence-corrected chi connectivity index (χ3v) is 4.78. The van der Waals surface area contributed by atoms with Crippen LogP contribution in [0, 0.1) is 17.3 Å². The van der Waals surface area contributed by atoms with Gasteiger partial charge in [0, 0.05) is 23.9 Å². The first-order valence-corrected chi connectivity index (χ1v) is 11.1. The number of hydrogen-bond donors (Lipinski definition) is 0. The lowest BCUT2D eigenvalue weighted by molar-refractivity contribution is 0.0890. The van der Waals surface area contributed by atoms with Crippen LogP contribution in [0.1, 0.15) is 38.8 Å². The number of hydrogen-bond acceptors (Lipinski definition) is 4. The fourth-order valence-corrected chi connectivity index (χ4v) is 3.21. The minimum absolute atomic E-state index is 0.0489. The molecule has 0 aliphatic rings. The molecule has 0 bridgehead atoms. The van der Waals surface area contributed by atoms with Gasteiger partial charge in [-0.25, -0.2) is 0 Å². The highest BCUT2D eigenvalue weighted by Crippen LogP contribution is 2.14. The average molecular weight is 412 g/mol. The summed E-state index contributed by atoms with van der Waals surface area (Å²) in [5.74, 6) is 7.28. The van der Waals surface area contributed by atoms with Gasteiger partial charge in [-0.2, -0.15) is 0 Å². The standard InChI is InChI=1S/C25H33NO2S/c1-5-26(14-8-6-7-13-25(2,3)4)19-22-10-9-11-23(18-22)20-27-15-16-28-24-12-17-29-21-24/h6,8-12,17-18,21H,5,14-16,19-20H2,1-4H3. The Kier molecular flexibility index (Phi) is 10.0. The van der Waals surface area contributed by atoms with Crippen LogP contribution in [-0.2, 0) is 17.9 Å². The Balaban J connectivity index is 1.74. The lowest BCUT2D eigenvalue weighted by Crippen LogP contribution is -2.22. The Morgan fingerprint density at radius 2 is 1.97 bits per heavy atom. The summed E-state index contributed by atoms with van der Waals surface area (Å²) in [5.41, 5.74) is 2.55. The molecule has 29 heavy (non-hydrogen) atoms. The van der Waals surface area contributed by atoms with Crippen LogP contribution >= 0.6 is 11.3 Å². The molecule has 0 unspecified atom stereocenters.